The standard InChI is InChI=1S/C28H34N2O3S.C2H4O2.CO2/c1-27(2)12-15-34(31,32)26-23(21-8-9-21)16-20(17-24(26)27)19-30-13-10-28(11-14-30)18-25(29-33-28)22-6-4-3-5-7-22;1-2(3)4;2-1-3/h3-7,16-17,21H,8-15,18-19H2,1-2H3;1H3,(H,3,4);. The summed E-state index contributed by atoms with van der Waals surface area (Å²) >= 11 is 0. The van der Waals surface area contributed by atoms with E-state index >= 15 is 0 Å². The predicted molar refractivity (Wildman–Crippen MR) is 152 cm³/mol. The molecule has 3 heterocycles. The molecule has 0 aromatic heterocycles. The number of hydrogen-bond acceptors (Lipinski definition) is 8. The summed E-state index contributed by atoms with van der Waals surface area (Å²) < 4.78 is 26.1. The molecule has 6 rings (SSSR count). The molecule has 9 nitrogen and oxygen atoms in total. The van der Waals surface area contributed by atoms with Crippen LogP contribution in [0.2, 0.25) is 0 Å². The third-order valence-electron chi connectivity index (χ3n) is 8.35. The van der Waals surface area contributed by atoms with Gasteiger partial charge in [-0.05, 0) is 52.8 Å². The summed E-state index contributed by atoms with van der Waals surface area (Å²) in [5, 5.41) is 11.9. The Balaban J connectivity index is 0.000000502. The summed E-state index contributed by atoms with van der Waals surface area (Å²) in [6, 6.07) is 14.7. The number of carboxylic acids is 1. The lowest BCUT2D eigenvalue weighted by molar-refractivity contribution is -0.191. The van der Waals surface area contributed by atoms with E-state index in [1.807, 2.05) is 18.2 Å². The van der Waals surface area contributed by atoms with Gasteiger partial charge < -0.3 is 9.94 Å². The summed E-state index contributed by atoms with van der Waals surface area (Å²) in [6.07, 6.45) is 5.98. The number of benzene rings is 2. The highest BCUT2D eigenvalue weighted by Gasteiger charge is 2.43. The van der Waals surface area contributed by atoms with Crippen molar-refractivity contribution in [2.24, 2.45) is 5.16 Å². The van der Waals surface area contributed by atoms with Gasteiger partial charge in [0.25, 0.3) is 5.97 Å². The van der Waals surface area contributed by atoms with Crippen LogP contribution in [0.5, 0.6) is 0 Å². The molecular formula is C31H38N2O7S. The second-order valence-corrected chi connectivity index (χ2v) is 14.1. The average molecular weight is 583 g/mol. The molecule has 1 saturated carbocycles. The first kappa shape index (κ1) is 30.6. The van der Waals surface area contributed by atoms with Crippen molar-refractivity contribution >= 4 is 27.7 Å². The molecule has 1 saturated heterocycles. The number of carbonyl (C=O) groups is 1. The lowest BCUT2D eigenvalue weighted by Gasteiger charge is -2.38. The maximum Gasteiger partial charge on any atom is 0.373 e. The van der Waals surface area contributed by atoms with Crippen molar-refractivity contribution in [3.05, 3.63) is 64.7 Å². The Morgan fingerprint density at radius 1 is 1.10 bits per heavy atom. The van der Waals surface area contributed by atoms with Crippen LogP contribution in [0.3, 0.4) is 0 Å². The highest BCUT2D eigenvalue weighted by molar-refractivity contribution is 7.91. The average Bonchev–Trinajstić information content (AvgIpc) is 3.69. The molecule has 0 amide bonds. The summed E-state index contributed by atoms with van der Waals surface area (Å²) in [4.78, 5) is 34.4. The van der Waals surface area contributed by atoms with Crippen molar-refractivity contribution < 1.29 is 32.7 Å². The zero-order valence-electron chi connectivity index (χ0n) is 23.9. The van der Waals surface area contributed by atoms with Gasteiger partial charge >= 0.3 is 6.15 Å². The maximum absolute atomic E-state index is 13.1. The van der Waals surface area contributed by atoms with Gasteiger partial charge in [0.1, 0.15) is 5.60 Å². The van der Waals surface area contributed by atoms with Crippen LogP contribution < -0.4 is 0 Å². The van der Waals surface area contributed by atoms with Gasteiger partial charge in [0.05, 0.1) is 16.4 Å². The monoisotopic (exact) mass is 582 g/mol. The van der Waals surface area contributed by atoms with Crippen LogP contribution in [-0.4, -0.2) is 60.7 Å². The van der Waals surface area contributed by atoms with E-state index in [2.05, 4.69) is 48.2 Å². The number of carboxylic acid groups (broad SMARTS) is 1. The number of oxime groups is 1. The minimum absolute atomic E-state index is 0.102. The van der Waals surface area contributed by atoms with Gasteiger partial charge in [-0.25, -0.2) is 8.42 Å². The molecule has 0 unspecified atom stereocenters. The van der Waals surface area contributed by atoms with Gasteiger partial charge in [0, 0.05) is 45.8 Å². The van der Waals surface area contributed by atoms with Gasteiger partial charge in [-0.2, -0.15) is 9.59 Å². The van der Waals surface area contributed by atoms with Gasteiger partial charge in [-0.1, -0.05) is 61.5 Å². The second-order valence-electron chi connectivity index (χ2n) is 12.0. The molecule has 1 N–H and O–H groups in total. The Bertz CT molecular complexity index is 1430. The number of sulfone groups is 1. The number of nitrogens with zero attached hydrogens (tertiary/aromatic N) is 2. The first-order valence-electron chi connectivity index (χ1n) is 14.0. The molecule has 2 aromatic carbocycles. The Morgan fingerprint density at radius 3 is 2.29 bits per heavy atom. The number of rotatable bonds is 4. The van der Waals surface area contributed by atoms with E-state index in [-0.39, 0.29) is 22.9 Å². The van der Waals surface area contributed by atoms with Crippen molar-refractivity contribution in [2.45, 2.75) is 87.7 Å². The van der Waals surface area contributed by atoms with E-state index in [1.165, 1.54) is 5.56 Å². The predicted octanol–water partition coefficient (Wildman–Crippen LogP) is 4.69. The van der Waals surface area contributed by atoms with Gasteiger partial charge in [0.2, 0.25) is 0 Å². The van der Waals surface area contributed by atoms with Crippen LogP contribution in [0.4, 0.5) is 0 Å². The molecule has 220 valence electrons. The summed E-state index contributed by atoms with van der Waals surface area (Å²) in [6.45, 7) is 8.29. The number of likely N-dealkylation sites (tertiary alicyclic amines) is 1. The van der Waals surface area contributed by atoms with Crippen molar-refractivity contribution in [2.75, 3.05) is 18.8 Å². The quantitative estimate of drug-likeness (QED) is 0.550. The SMILES string of the molecule is CC(=O)O.CC1(C)CCS(=O)(=O)c2c(C3CC3)cc(CN3CCC4(CC3)CC(c3ccccc3)=NO4)cc21.O=C=O. The number of piperidine rings is 1. The van der Waals surface area contributed by atoms with Crippen LogP contribution in [0.25, 0.3) is 0 Å². The first-order chi connectivity index (χ1) is 19.4. The van der Waals surface area contributed by atoms with Crippen LogP contribution in [-0.2, 0) is 41.0 Å². The normalized spacial score (nSPS) is 21.5. The Morgan fingerprint density at radius 2 is 1.71 bits per heavy atom. The topological polar surface area (TPSA) is 130 Å². The fourth-order valence-corrected chi connectivity index (χ4v) is 8.17. The number of hydrogen-bond donors (Lipinski definition) is 1. The van der Waals surface area contributed by atoms with Crippen LogP contribution in [0, 0.1) is 0 Å². The Kier molecular flexibility index (Phi) is 9.16. The van der Waals surface area contributed by atoms with Gasteiger partial charge in [-0.3, -0.25) is 9.69 Å². The lowest BCUT2D eigenvalue weighted by atomic mass is 9.79. The molecule has 2 fully saturated rings. The molecule has 0 radical (unpaired) electrons. The molecule has 2 aromatic rings. The van der Waals surface area contributed by atoms with E-state index in [1.54, 1.807) is 0 Å². The third-order valence-corrected chi connectivity index (χ3v) is 10.2. The van der Waals surface area contributed by atoms with E-state index in [4.69, 9.17) is 24.3 Å². The molecular weight excluding hydrogens is 544 g/mol. The van der Waals surface area contributed by atoms with E-state index in [9.17, 15) is 8.42 Å². The van der Waals surface area contributed by atoms with Crippen molar-refractivity contribution in [3.63, 3.8) is 0 Å². The molecule has 1 aliphatic carbocycles. The van der Waals surface area contributed by atoms with Crippen molar-refractivity contribution in [1.29, 1.82) is 0 Å². The molecule has 3 aliphatic heterocycles. The Hall–Kier alpha value is -3.33. The highest BCUT2D eigenvalue weighted by atomic mass is 32.2. The van der Waals surface area contributed by atoms with E-state index in [0.717, 1.165) is 81.1 Å². The zero-order valence-corrected chi connectivity index (χ0v) is 24.7. The molecule has 0 atom stereocenters. The molecule has 10 heteroatoms. The molecule has 1 spiro atoms. The fraction of sp³-hybridized carbons (Fsp3) is 0.516. The zero-order chi connectivity index (χ0) is 29.8. The summed E-state index contributed by atoms with van der Waals surface area (Å²) in [5.41, 5.74) is 5.33. The van der Waals surface area contributed by atoms with Crippen molar-refractivity contribution in [1.82, 2.24) is 4.90 Å². The number of fused-ring (bicyclic) bond motifs is 1. The molecule has 4 aliphatic rings. The third kappa shape index (κ3) is 7.31. The molecule has 41 heavy (non-hydrogen) atoms. The summed E-state index contributed by atoms with van der Waals surface area (Å²) in [7, 11) is -3.18. The van der Waals surface area contributed by atoms with E-state index < -0.39 is 15.8 Å². The van der Waals surface area contributed by atoms with E-state index in [0.29, 0.717) is 17.2 Å². The van der Waals surface area contributed by atoms with Crippen LogP contribution >= 0.6 is 0 Å². The minimum Gasteiger partial charge on any atom is -0.481 e. The van der Waals surface area contributed by atoms with Gasteiger partial charge in [0.15, 0.2) is 9.84 Å². The number of aliphatic carboxylic acids is 1. The summed E-state index contributed by atoms with van der Waals surface area (Å²) in [5.74, 6) is -0.143. The maximum atomic E-state index is 13.1. The van der Waals surface area contributed by atoms with Gasteiger partial charge in [-0.15, -0.1) is 0 Å². The van der Waals surface area contributed by atoms with Crippen molar-refractivity contribution in [3.8, 4) is 0 Å². The Labute approximate surface area is 241 Å². The lowest BCUT2D eigenvalue weighted by Crippen LogP contribution is -2.44. The second kappa shape index (κ2) is 12.3. The van der Waals surface area contributed by atoms with Crippen LogP contribution in [0.1, 0.15) is 87.5 Å². The number of carbonyl (C=O) groups excluding carboxylic acids is 2. The first-order valence-corrected chi connectivity index (χ1v) is 15.7. The minimum atomic E-state index is -3.18. The largest absolute Gasteiger partial charge is 0.481 e. The highest BCUT2D eigenvalue weighted by Crippen LogP contribution is 2.49. The fourth-order valence-electron chi connectivity index (χ4n) is 5.93. The van der Waals surface area contributed by atoms with Crippen LogP contribution in [0.15, 0.2) is 52.5 Å². The smallest absolute Gasteiger partial charge is 0.373 e. The molecule has 0 bridgehead atoms.